The van der Waals surface area contributed by atoms with Gasteiger partial charge in [0, 0.05) is 22.0 Å². The summed E-state index contributed by atoms with van der Waals surface area (Å²) in [6.07, 6.45) is 5.46. The molecule has 0 unspecified atom stereocenters. The van der Waals surface area contributed by atoms with Gasteiger partial charge in [0.2, 0.25) is 0 Å². The molecule has 0 saturated heterocycles. The molecule has 0 spiro atoms. The topological polar surface area (TPSA) is 65.5 Å². The fourth-order valence-electron chi connectivity index (χ4n) is 2.37. The van der Waals surface area contributed by atoms with E-state index in [9.17, 15) is 9.90 Å². The van der Waals surface area contributed by atoms with Crippen molar-refractivity contribution in [3.63, 3.8) is 0 Å². The van der Waals surface area contributed by atoms with Gasteiger partial charge < -0.3 is 10.1 Å². The number of allylic oxidation sites excluding steroid dienone is 1. The highest BCUT2D eigenvalue weighted by molar-refractivity contribution is 7.80. The van der Waals surface area contributed by atoms with Crippen LogP contribution in [0, 0.1) is 0 Å². The van der Waals surface area contributed by atoms with Crippen molar-refractivity contribution in [2.45, 2.75) is 4.90 Å². The SMILES string of the molecule is O=C/C=C/c1cccc2[nH]c(O)c(C=Nc3ccc(S)cc3)c12. The first-order valence-corrected chi connectivity index (χ1v) is 7.42. The van der Waals surface area contributed by atoms with Crippen molar-refractivity contribution in [1.29, 1.82) is 0 Å². The Morgan fingerprint density at radius 2 is 1.91 bits per heavy atom. The number of carbonyl (C=O) groups excluding carboxylic acids is 1. The third-order valence-electron chi connectivity index (χ3n) is 3.42. The second-order valence-electron chi connectivity index (χ2n) is 4.93. The smallest absolute Gasteiger partial charge is 0.198 e. The van der Waals surface area contributed by atoms with Gasteiger partial charge in [-0.05, 0) is 42.0 Å². The molecule has 0 amide bonds. The van der Waals surface area contributed by atoms with Gasteiger partial charge in [0.1, 0.15) is 6.29 Å². The number of hydrogen-bond donors (Lipinski definition) is 3. The highest BCUT2D eigenvalue weighted by atomic mass is 32.1. The van der Waals surface area contributed by atoms with E-state index in [1.807, 2.05) is 42.5 Å². The van der Waals surface area contributed by atoms with Gasteiger partial charge in [0.25, 0.3) is 0 Å². The predicted molar refractivity (Wildman–Crippen MR) is 96.0 cm³/mol. The van der Waals surface area contributed by atoms with Crippen LogP contribution >= 0.6 is 12.6 Å². The molecule has 3 aromatic rings. The summed E-state index contributed by atoms with van der Waals surface area (Å²) in [7, 11) is 0. The van der Waals surface area contributed by atoms with Gasteiger partial charge in [-0.3, -0.25) is 9.79 Å². The average molecular weight is 322 g/mol. The summed E-state index contributed by atoms with van der Waals surface area (Å²) >= 11 is 4.24. The first-order valence-electron chi connectivity index (χ1n) is 6.97. The molecule has 2 aromatic carbocycles. The number of aldehydes is 1. The van der Waals surface area contributed by atoms with Crippen LogP contribution in [-0.4, -0.2) is 22.6 Å². The molecule has 1 heterocycles. The molecule has 0 fully saturated rings. The zero-order valence-electron chi connectivity index (χ0n) is 12.1. The van der Waals surface area contributed by atoms with Crippen LogP contribution in [0.2, 0.25) is 0 Å². The van der Waals surface area contributed by atoms with E-state index in [2.05, 4.69) is 22.6 Å². The number of rotatable bonds is 4. The number of benzene rings is 2. The molecule has 0 bridgehead atoms. The van der Waals surface area contributed by atoms with Gasteiger partial charge in [0.05, 0.1) is 11.3 Å². The Morgan fingerprint density at radius 3 is 2.65 bits per heavy atom. The first kappa shape index (κ1) is 15.1. The standard InChI is InChI=1S/C18H14N2O2S/c21-10-2-4-12-3-1-5-16-17(12)15(18(22)20-16)11-19-13-6-8-14(23)9-7-13/h1-11,20,22-23H/b4-2+,19-11?. The van der Waals surface area contributed by atoms with Crippen molar-refractivity contribution in [3.05, 3.63) is 59.7 Å². The number of thiol groups is 1. The Morgan fingerprint density at radius 1 is 1.13 bits per heavy atom. The third-order valence-corrected chi connectivity index (χ3v) is 3.72. The van der Waals surface area contributed by atoms with Crippen molar-refractivity contribution in [1.82, 2.24) is 4.98 Å². The maximum atomic E-state index is 10.6. The largest absolute Gasteiger partial charge is 0.494 e. The van der Waals surface area contributed by atoms with E-state index in [0.717, 1.165) is 33.3 Å². The van der Waals surface area contributed by atoms with Gasteiger partial charge in [-0.25, -0.2) is 0 Å². The molecule has 1 aromatic heterocycles. The molecule has 114 valence electrons. The van der Waals surface area contributed by atoms with Crippen molar-refractivity contribution in [3.8, 4) is 5.88 Å². The van der Waals surface area contributed by atoms with Crippen LogP contribution < -0.4 is 0 Å². The van der Waals surface area contributed by atoms with Crippen molar-refractivity contribution < 1.29 is 9.90 Å². The lowest BCUT2D eigenvalue weighted by molar-refractivity contribution is -0.104. The number of nitrogens with zero attached hydrogens (tertiary/aromatic N) is 1. The summed E-state index contributed by atoms with van der Waals surface area (Å²) in [5.41, 5.74) is 2.96. The number of aromatic nitrogens is 1. The van der Waals surface area contributed by atoms with Gasteiger partial charge in [0.15, 0.2) is 5.88 Å². The minimum absolute atomic E-state index is 0.0431. The molecule has 0 saturated carbocycles. The van der Waals surface area contributed by atoms with E-state index in [1.165, 1.54) is 6.08 Å². The summed E-state index contributed by atoms with van der Waals surface area (Å²) in [5.74, 6) is 0.0431. The Bertz CT molecular complexity index is 909. The highest BCUT2D eigenvalue weighted by Gasteiger charge is 2.11. The molecule has 4 nitrogen and oxygen atoms in total. The third kappa shape index (κ3) is 3.19. The lowest BCUT2D eigenvalue weighted by Crippen LogP contribution is -1.83. The highest BCUT2D eigenvalue weighted by Crippen LogP contribution is 2.30. The van der Waals surface area contributed by atoms with E-state index in [0.29, 0.717) is 5.56 Å². The minimum Gasteiger partial charge on any atom is -0.494 e. The minimum atomic E-state index is 0.0431. The molecular formula is C18H14N2O2S. The van der Waals surface area contributed by atoms with Gasteiger partial charge in [-0.2, -0.15) is 0 Å². The second-order valence-corrected chi connectivity index (χ2v) is 5.44. The number of fused-ring (bicyclic) bond motifs is 1. The zero-order valence-corrected chi connectivity index (χ0v) is 13.0. The van der Waals surface area contributed by atoms with Crippen LogP contribution in [0.15, 0.2) is 58.4 Å². The molecule has 5 heteroatoms. The Kier molecular flexibility index (Phi) is 4.30. The predicted octanol–water partition coefficient (Wildman–Crippen LogP) is 4.12. The van der Waals surface area contributed by atoms with E-state index < -0.39 is 0 Å². The average Bonchev–Trinajstić information content (AvgIpc) is 2.88. The lowest BCUT2D eigenvalue weighted by atomic mass is 10.1. The Balaban J connectivity index is 2.09. The van der Waals surface area contributed by atoms with Gasteiger partial charge in [-0.15, -0.1) is 12.6 Å². The molecule has 0 aliphatic rings. The summed E-state index contributed by atoms with van der Waals surface area (Å²) in [5, 5.41) is 11.0. The summed E-state index contributed by atoms with van der Waals surface area (Å²) < 4.78 is 0. The second kappa shape index (κ2) is 6.54. The molecule has 0 aliphatic carbocycles. The molecule has 2 N–H and O–H groups in total. The number of aromatic amines is 1. The molecule has 0 radical (unpaired) electrons. The molecule has 23 heavy (non-hydrogen) atoms. The van der Waals surface area contributed by atoms with E-state index >= 15 is 0 Å². The van der Waals surface area contributed by atoms with Crippen LogP contribution in [0.4, 0.5) is 5.69 Å². The molecule has 0 aliphatic heterocycles. The van der Waals surface area contributed by atoms with Crippen LogP contribution in [-0.2, 0) is 4.79 Å². The van der Waals surface area contributed by atoms with Crippen LogP contribution in [0.3, 0.4) is 0 Å². The maximum absolute atomic E-state index is 10.6. The number of aromatic hydroxyl groups is 1. The molecule has 3 rings (SSSR count). The first-order chi connectivity index (χ1) is 11.2. The number of nitrogens with one attached hydrogen (secondary N) is 1. The maximum Gasteiger partial charge on any atom is 0.198 e. The van der Waals surface area contributed by atoms with Gasteiger partial charge in [-0.1, -0.05) is 18.2 Å². The van der Waals surface area contributed by atoms with Crippen LogP contribution in [0.1, 0.15) is 11.1 Å². The molecular weight excluding hydrogens is 308 g/mol. The zero-order chi connectivity index (χ0) is 16.2. The van der Waals surface area contributed by atoms with Crippen molar-refractivity contribution in [2.75, 3.05) is 0 Å². The summed E-state index contributed by atoms with van der Waals surface area (Å²) in [6, 6.07) is 13.0. The quantitative estimate of drug-likeness (QED) is 0.293. The van der Waals surface area contributed by atoms with Crippen LogP contribution in [0.5, 0.6) is 5.88 Å². The summed E-state index contributed by atoms with van der Waals surface area (Å²) in [6.45, 7) is 0. The van der Waals surface area contributed by atoms with E-state index in [-0.39, 0.29) is 5.88 Å². The Hall–Kier alpha value is -2.79. The number of aliphatic imine (C=N–C) groups is 1. The summed E-state index contributed by atoms with van der Waals surface area (Å²) in [4.78, 5) is 18.7. The van der Waals surface area contributed by atoms with Crippen molar-refractivity contribution >= 4 is 47.8 Å². The fraction of sp³-hybridized carbons (Fsp3) is 0. The lowest BCUT2D eigenvalue weighted by Gasteiger charge is -1.99. The number of H-pyrrole nitrogens is 1. The van der Waals surface area contributed by atoms with Crippen molar-refractivity contribution in [2.24, 2.45) is 4.99 Å². The van der Waals surface area contributed by atoms with Crippen LogP contribution in [0.25, 0.3) is 17.0 Å². The number of carbonyl (C=O) groups is 1. The van der Waals surface area contributed by atoms with E-state index in [1.54, 1.807) is 12.3 Å². The Labute approximate surface area is 138 Å². The van der Waals surface area contributed by atoms with E-state index in [4.69, 9.17) is 0 Å². The van der Waals surface area contributed by atoms with Gasteiger partial charge >= 0.3 is 0 Å². The normalized spacial score (nSPS) is 11.7. The number of hydrogen-bond acceptors (Lipinski definition) is 4. The molecule has 0 atom stereocenters. The fourth-order valence-corrected chi connectivity index (χ4v) is 2.52. The monoisotopic (exact) mass is 322 g/mol.